The highest BCUT2D eigenvalue weighted by Crippen LogP contribution is 2.09. The average molecular weight is 310 g/mol. The highest BCUT2D eigenvalue weighted by atomic mass is 32.2. The molecule has 0 aliphatic rings. The van der Waals surface area contributed by atoms with Gasteiger partial charge in [0.05, 0.1) is 10.6 Å². The molecule has 0 aromatic heterocycles. The third-order valence-electron chi connectivity index (χ3n) is 2.93. The van der Waals surface area contributed by atoms with Gasteiger partial charge >= 0.3 is 5.97 Å². The van der Waals surface area contributed by atoms with Crippen molar-refractivity contribution < 1.29 is 17.9 Å². The van der Waals surface area contributed by atoms with Gasteiger partial charge in [0.15, 0.2) is 9.84 Å². The summed E-state index contributed by atoms with van der Waals surface area (Å²) in [5, 5.41) is 0. The zero-order chi connectivity index (χ0) is 15.6. The molecule has 0 heterocycles. The summed E-state index contributed by atoms with van der Waals surface area (Å²) in [6.45, 7) is 1.99. The largest absolute Gasteiger partial charge is 0.461 e. The number of allylic oxidation sites excluding steroid dienone is 1. The van der Waals surface area contributed by atoms with Crippen LogP contribution in [0.2, 0.25) is 0 Å². The first-order chi connectivity index (χ1) is 10.1. The second-order valence-corrected chi connectivity index (χ2v) is 6.81. The summed E-state index contributed by atoms with van der Waals surface area (Å²) in [6.07, 6.45) is 7.28. The third kappa shape index (κ3) is 7.09. The van der Waals surface area contributed by atoms with Gasteiger partial charge < -0.3 is 4.74 Å². The van der Waals surface area contributed by atoms with Gasteiger partial charge in [-0.05, 0) is 25.0 Å². The summed E-state index contributed by atoms with van der Waals surface area (Å²) in [5.41, 5.74) is 0. The van der Waals surface area contributed by atoms with Gasteiger partial charge in [0, 0.05) is 6.08 Å². The van der Waals surface area contributed by atoms with E-state index in [1.807, 2.05) is 0 Å². The normalized spacial score (nSPS) is 11.7. The Balaban J connectivity index is 2.31. The molecule has 0 atom stereocenters. The molecule has 0 aliphatic carbocycles. The molecule has 0 aliphatic heterocycles. The second kappa shape index (κ2) is 9.34. The van der Waals surface area contributed by atoms with E-state index < -0.39 is 15.8 Å². The van der Waals surface area contributed by atoms with Gasteiger partial charge in [-0.2, -0.15) is 0 Å². The quantitative estimate of drug-likeness (QED) is 0.399. The molecule has 0 fully saturated rings. The number of hydrogen-bond donors (Lipinski definition) is 0. The number of carbonyl (C=O) groups is 1. The molecule has 0 amide bonds. The fourth-order valence-corrected chi connectivity index (χ4v) is 2.85. The molecule has 0 saturated heterocycles. The van der Waals surface area contributed by atoms with E-state index in [-0.39, 0.29) is 17.3 Å². The summed E-state index contributed by atoms with van der Waals surface area (Å²) in [6, 6.07) is 8.15. The molecule has 0 radical (unpaired) electrons. The van der Waals surface area contributed by atoms with Crippen LogP contribution in [0.5, 0.6) is 0 Å². The van der Waals surface area contributed by atoms with E-state index in [9.17, 15) is 13.2 Å². The van der Waals surface area contributed by atoms with Crippen molar-refractivity contribution in [1.82, 2.24) is 0 Å². The molecule has 1 aromatic rings. The Morgan fingerprint density at radius 3 is 2.57 bits per heavy atom. The second-order valence-electron chi connectivity index (χ2n) is 4.70. The molecule has 1 rings (SSSR count). The predicted octanol–water partition coefficient (Wildman–Crippen LogP) is 3.14. The Kier molecular flexibility index (Phi) is 7.75. The zero-order valence-electron chi connectivity index (χ0n) is 12.3. The van der Waals surface area contributed by atoms with Crippen LogP contribution in [0.3, 0.4) is 0 Å². The van der Waals surface area contributed by atoms with Crippen molar-refractivity contribution in [2.45, 2.75) is 37.5 Å². The topological polar surface area (TPSA) is 60.4 Å². The minimum Gasteiger partial charge on any atom is -0.461 e. The lowest BCUT2D eigenvalue weighted by molar-refractivity contribution is -0.137. The van der Waals surface area contributed by atoms with E-state index >= 15 is 0 Å². The summed E-state index contributed by atoms with van der Waals surface area (Å²) in [7, 11) is -3.39. The van der Waals surface area contributed by atoms with Crippen LogP contribution < -0.4 is 0 Å². The Bertz CT molecular complexity index is 547. The molecule has 0 unspecified atom stereocenters. The van der Waals surface area contributed by atoms with Crippen molar-refractivity contribution in [3.63, 3.8) is 0 Å². The van der Waals surface area contributed by atoms with E-state index in [0.29, 0.717) is 0 Å². The number of ether oxygens (including phenoxy) is 1. The predicted molar refractivity (Wildman–Crippen MR) is 82.7 cm³/mol. The van der Waals surface area contributed by atoms with Gasteiger partial charge in [-0.15, -0.1) is 0 Å². The number of benzene rings is 1. The number of hydrogen-bond acceptors (Lipinski definition) is 4. The van der Waals surface area contributed by atoms with E-state index in [0.717, 1.165) is 25.7 Å². The highest BCUT2D eigenvalue weighted by Gasteiger charge is 2.14. The molecule has 1 aromatic carbocycles. The molecule has 5 heteroatoms. The molecule has 21 heavy (non-hydrogen) atoms. The number of rotatable bonds is 9. The van der Waals surface area contributed by atoms with Crippen LogP contribution >= 0.6 is 0 Å². The molecule has 0 spiro atoms. The maximum atomic E-state index is 11.9. The summed E-state index contributed by atoms with van der Waals surface area (Å²) >= 11 is 0. The average Bonchev–Trinajstić information content (AvgIpc) is 2.48. The first kappa shape index (κ1) is 17.4. The van der Waals surface area contributed by atoms with E-state index in [4.69, 9.17) is 4.74 Å². The van der Waals surface area contributed by atoms with Crippen LogP contribution in [-0.4, -0.2) is 26.7 Å². The van der Waals surface area contributed by atoms with Crippen molar-refractivity contribution in [1.29, 1.82) is 0 Å². The fourth-order valence-electron chi connectivity index (χ4n) is 1.74. The van der Waals surface area contributed by atoms with Crippen molar-refractivity contribution >= 4 is 15.8 Å². The maximum absolute atomic E-state index is 11.9. The lowest BCUT2D eigenvalue weighted by atomic mass is 10.2. The first-order valence-electron chi connectivity index (χ1n) is 7.17. The van der Waals surface area contributed by atoms with Crippen LogP contribution in [0.1, 0.15) is 32.6 Å². The molecule has 0 bridgehead atoms. The first-order valence-corrected chi connectivity index (χ1v) is 8.82. The molecule has 4 nitrogen and oxygen atoms in total. The van der Waals surface area contributed by atoms with Crippen molar-refractivity contribution in [2.75, 3.05) is 12.4 Å². The molecule has 0 saturated carbocycles. The third-order valence-corrected chi connectivity index (χ3v) is 4.62. The van der Waals surface area contributed by atoms with Gasteiger partial charge in [-0.1, -0.05) is 44.0 Å². The van der Waals surface area contributed by atoms with E-state index in [2.05, 4.69) is 6.92 Å². The minimum absolute atomic E-state index is 0.130. The zero-order valence-corrected chi connectivity index (χ0v) is 13.1. The van der Waals surface area contributed by atoms with Crippen molar-refractivity contribution in [3.05, 3.63) is 42.5 Å². The summed E-state index contributed by atoms with van der Waals surface area (Å²) in [5.74, 6) is -0.693. The molecular weight excluding hydrogens is 288 g/mol. The van der Waals surface area contributed by atoms with Gasteiger partial charge in [0.2, 0.25) is 0 Å². The van der Waals surface area contributed by atoms with Crippen LogP contribution in [0.15, 0.2) is 47.4 Å². The monoisotopic (exact) mass is 310 g/mol. The minimum atomic E-state index is -3.39. The standard InChI is InChI=1S/C16H22O4S/c1-2-3-4-5-9-12-16(17)20-13-14-21(18,19)15-10-7-6-8-11-15/h6-12H,2-5,13-14H2,1H3/b12-9+. The van der Waals surface area contributed by atoms with Crippen LogP contribution in [0.4, 0.5) is 0 Å². The van der Waals surface area contributed by atoms with Gasteiger partial charge in [0.25, 0.3) is 0 Å². The molecular formula is C16H22O4S. The van der Waals surface area contributed by atoms with Crippen molar-refractivity contribution in [2.24, 2.45) is 0 Å². The van der Waals surface area contributed by atoms with Crippen LogP contribution in [0, 0.1) is 0 Å². The van der Waals surface area contributed by atoms with E-state index in [1.165, 1.54) is 18.2 Å². The van der Waals surface area contributed by atoms with Crippen LogP contribution in [0.25, 0.3) is 0 Å². The Hall–Kier alpha value is -1.62. The lowest BCUT2D eigenvalue weighted by Gasteiger charge is -2.04. The summed E-state index contributed by atoms with van der Waals surface area (Å²) < 4.78 is 28.8. The van der Waals surface area contributed by atoms with Crippen LogP contribution in [-0.2, 0) is 19.4 Å². The van der Waals surface area contributed by atoms with Crippen molar-refractivity contribution in [3.8, 4) is 0 Å². The highest BCUT2D eigenvalue weighted by molar-refractivity contribution is 7.91. The number of esters is 1. The fraction of sp³-hybridized carbons (Fsp3) is 0.438. The Morgan fingerprint density at radius 1 is 1.19 bits per heavy atom. The van der Waals surface area contributed by atoms with Gasteiger partial charge in [-0.3, -0.25) is 0 Å². The molecule has 116 valence electrons. The van der Waals surface area contributed by atoms with E-state index in [1.54, 1.807) is 24.3 Å². The number of unbranched alkanes of at least 4 members (excludes halogenated alkanes) is 3. The molecule has 0 N–H and O–H groups in total. The summed E-state index contributed by atoms with van der Waals surface area (Å²) in [4.78, 5) is 11.6. The smallest absolute Gasteiger partial charge is 0.330 e. The Labute approximate surface area is 126 Å². The SMILES string of the molecule is CCCCC/C=C/C(=O)OCCS(=O)(=O)c1ccccc1. The maximum Gasteiger partial charge on any atom is 0.330 e. The van der Waals surface area contributed by atoms with Gasteiger partial charge in [-0.25, -0.2) is 13.2 Å². The lowest BCUT2D eigenvalue weighted by Crippen LogP contribution is -2.14. The van der Waals surface area contributed by atoms with Gasteiger partial charge in [0.1, 0.15) is 6.61 Å². The Morgan fingerprint density at radius 2 is 1.90 bits per heavy atom. The number of sulfone groups is 1. The number of carbonyl (C=O) groups excluding carboxylic acids is 1.